The normalized spacial score (nSPS) is 16.4. The predicted molar refractivity (Wildman–Crippen MR) is 110 cm³/mol. The van der Waals surface area contributed by atoms with E-state index in [4.69, 9.17) is 10.8 Å². The lowest BCUT2D eigenvalue weighted by molar-refractivity contribution is -0.145. The molecule has 0 bridgehead atoms. The zero-order valence-corrected chi connectivity index (χ0v) is 17.9. The van der Waals surface area contributed by atoms with Gasteiger partial charge in [-0.3, -0.25) is 14.4 Å². The molecule has 5 unspecified atom stereocenters. The van der Waals surface area contributed by atoms with Gasteiger partial charge in [-0.15, -0.1) is 0 Å². The summed E-state index contributed by atoms with van der Waals surface area (Å²) in [4.78, 5) is 48.0. The van der Waals surface area contributed by atoms with Crippen LogP contribution < -0.4 is 21.7 Å². The van der Waals surface area contributed by atoms with E-state index in [9.17, 15) is 24.3 Å². The highest BCUT2D eigenvalue weighted by molar-refractivity contribution is 7.80. The Morgan fingerprint density at radius 1 is 0.893 bits per heavy atom. The average molecular weight is 439 g/mol. The summed E-state index contributed by atoms with van der Waals surface area (Å²) in [5.74, 6) is -3.40. The highest BCUT2D eigenvalue weighted by Crippen LogP contribution is 2.06. The molecule has 0 aliphatic carbocycles. The van der Waals surface area contributed by atoms with Crippen molar-refractivity contribution in [3.05, 3.63) is 0 Å². The van der Waals surface area contributed by atoms with Gasteiger partial charge in [-0.25, -0.2) is 4.79 Å². The fraction of sp³-hybridized carbons (Fsp3) is 0.750. The Hall–Kier alpha value is -1.50. The molecule has 0 aliphatic rings. The molecule has 0 aliphatic heterocycles. The van der Waals surface area contributed by atoms with Crippen LogP contribution in [0.25, 0.3) is 0 Å². The number of nitrogens with two attached hydrogens (primary N) is 1. The Labute approximate surface area is 175 Å². The summed E-state index contributed by atoms with van der Waals surface area (Å²) < 4.78 is 0. The quantitative estimate of drug-likeness (QED) is 0.165. The summed E-state index contributed by atoms with van der Waals surface area (Å²) in [5.41, 5.74) is 5.61. The maximum atomic E-state index is 12.6. The highest BCUT2D eigenvalue weighted by atomic mass is 32.1. The molecular weight excluding hydrogens is 408 g/mol. The van der Waals surface area contributed by atoms with Crippen molar-refractivity contribution in [1.82, 2.24) is 16.0 Å². The van der Waals surface area contributed by atoms with Gasteiger partial charge < -0.3 is 31.9 Å². The third-order valence-electron chi connectivity index (χ3n) is 3.74. The second-order valence-electron chi connectivity index (χ2n) is 6.79. The summed E-state index contributed by atoms with van der Waals surface area (Å²) in [6, 6.07) is -4.54. The van der Waals surface area contributed by atoms with Crippen molar-refractivity contribution in [2.24, 2.45) is 11.7 Å². The number of amides is 3. The zero-order chi connectivity index (χ0) is 22.0. The van der Waals surface area contributed by atoms with E-state index in [1.165, 1.54) is 6.92 Å². The summed E-state index contributed by atoms with van der Waals surface area (Å²) in [6.45, 7) is 4.92. The molecule has 0 spiro atoms. The molecule has 7 N–H and O–H groups in total. The minimum absolute atomic E-state index is 0.0539. The molecule has 0 radical (unpaired) electrons. The molecule has 3 amide bonds. The van der Waals surface area contributed by atoms with Gasteiger partial charge >= 0.3 is 5.97 Å². The fourth-order valence-electron chi connectivity index (χ4n) is 2.17. The largest absolute Gasteiger partial charge is 0.480 e. The van der Waals surface area contributed by atoms with Crippen LogP contribution in [0.4, 0.5) is 0 Å². The standard InChI is InChI=1S/C16H30N4O6S2/c1-7(2)4-10(18-13(22)9(17)5-27)14(23)19-11(6-28)15(24)20-12(8(3)21)16(25)26/h7-12,21,27-28H,4-6,17H2,1-3H3,(H,18,22)(H,19,23)(H,20,24)(H,25,26). The Bertz CT molecular complexity index is 561. The van der Waals surface area contributed by atoms with Crippen molar-refractivity contribution in [3.8, 4) is 0 Å². The summed E-state index contributed by atoms with van der Waals surface area (Å²) >= 11 is 7.95. The van der Waals surface area contributed by atoms with Crippen LogP contribution in [0, 0.1) is 5.92 Å². The molecule has 0 rings (SSSR count). The molecule has 0 fully saturated rings. The first-order valence-electron chi connectivity index (χ1n) is 8.73. The van der Waals surface area contributed by atoms with Crippen LogP contribution >= 0.6 is 25.3 Å². The monoisotopic (exact) mass is 438 g/mol. The number of nitrogens with one attached hydrogen (secondary N) is 3. The van der Waals surface area contributed by atoms with Crippen molar-refractivity contribution >= 4 is 48.9 Å². The van der Waals surface area contributed by atoms with Gasteiger partial charge in [0.2, 0.25) is 17.7 Å². The maximum Gasteiger partial charge on any atom is 0.328 e. The molecule has 0 heterocycles. The van der Waals surface area contributed by atoms with E-state index in [1.807, 2.05) is 13.8 Å². The molecule has 0 saturated carbocycles. The zero-order valence-electron chi connectivity index (χ0n) is 16.1. The first-order chi connectivity index (χ1) is 12.9. The first-order valence-corrected chi connectivity index (χ1v) is 10.00. The van der Waals surface area contributed by atoms with E-state index in [0.717, 1.165) is 0 Å². The summed E-state index contributed by atoms with van der Waals surface area (Å²) in [7, 11) is 0. The molecule has 162 valence electrons. The molecule has 12 heteroatoms. The van der Waals surface area contributed by atoms with E-state index >= 15 is 0 Å². The number of aliphatic hydroxyl groups is 1. The topological polar surface area (TPSA) is 171 Å². The molecule has 10 nitrogen and oxygen atoms in total. The number of thiol groups is 2. The van der Waals surface area contributed by atoms with Crippen molar-refractivity contribution in [2.75, 3.05) is 11.5 Å². The van der Waals surface area contributed by atoms with Gasteiger partial charge in [0.15, 0.2) is 6.04 Å². The summed E-state index contributed by atoms with van der Waals surface area (Å²) in [6.07, 6.45) is -1.04. The van der Waals surface area contributed by atoms with Crippen molar-refractivity contribution < 1.29 is 29.4 Å². The number of aliphatic hydroxyl groups excluding tert-OH is 1. The Morgan fingerprint density at radius 2 is 1.39 bits per heavy atom. The van der Waals surface area contributed by atoms with Crippen molar-refractivity contribution in [2.45, 2.75) is 57.5 Å². The summed E-state index contributed by atoms with van der Waals surface area (Å²) in [5, 5.41) is 25.6. The van der Waals surface area contributed by atoms with Gasteiger partial charge in [0.05, 0.1) is 12.1 Å². The minimum Gasteiger partial charge on any atom is -0.480 e. The lowest BCUT2D eigenvalue weighted by Crippen LogP contribution is -2.59. The van der Waals surface area contributed by atoms with E-state index in [-0.39, 0.29) is 17.4 Å². The van der Waals surface area contributed by atoms with Gasteiger partial charge in [-0.1, -0.05) is 13.8 Å². The van der Waals surface area contributed by atoms with Crippen molar-refractivity contribution in [1.29, 1.82) is 0 Å². The van der Waals surface area contributed by atoms with Crippen LogP contribution in [-0.4, -0.2) is 75.7 Å². The van der Waals surface area contributed by atoms with Crippen LogP contribution in [0.3, 0.4) is 0 Å². The predicted octanol–water partition coefficient (Wildman–Crippen LogP) is -1.86. The van der Waals surface area contributed by atoms with E-state index < -0.39 is 54.0 Å². The number of carboxylic acid groups (broad SMARTS) is 1. The van der Waals surface area contributed by atoms with Gasteiger partial charge in [0.1, 0.15) is 12.1 Å². The van der Waals surface area contributed by atoms with Crippen molar-refractivity contribution in [3.63, 3.8) is 0 Å². The Kier molecular flexibility index (Phi) is 12.2. The lowest BCUT2D eigenvalue weighted by Gasteiger charge is -2.25. The molecule has 0 aromatic rings. The number of carbonyl (C=O) groups excluding carboxylic acids is 3. The third kappa shape index (κ3) is 9.13. The smallest absolute Gasteiger partial charge is 0.328 e. The molecule has 5 atom stereocenters. The molecule has 0 saturated heterocycles. The van der Waals surface area contributed by atoms with E-state index in [1.54, 1.807) is 0 Å². The van der Waals surface area contributed by atoms with Crippen LogP contribution in [0.5, 0.6) is 0 Å². The Morgan fingerprint density at radius 3 is 1.79 bits per heavy atom. The number of carboxylic acids is 1. The fourth-order valence-corrected chi connectivity index (χ4v) is 2.60. The van der Waals surface area contributed by atoms with Crippen LogP contribution in [-0.2, 0) is 19.2 Å². The number of rotatable bonds is 12. The average Bonchev–Trinajstić information content (AvgIpc) is 2.61. The highest BCUT2D eigenvalue weighted by Gasteiger charge is 2.31. The number of carbonyl (C=O) groups is 4. The van der Waals surface area contributed by atoms with Crippen LogP contribution in [0.15, 0.2) is 0 Å². The molecular formula is C16H30N4O6S2. The number of aliphatic carboxylic acids is 1. The lowest BCUT2D eigenvalue weighted by atomic mass is 10.0. The third-order valence-corrected chi connectivity index (χ3v) is 4.49. The molecule has 0 aromatic heterocycles. The van der Waals surface area contributed by atoms with Gasteiger partial charge in [-0.2, -0.15) is 25.3 Å². The second-order valence-corrected chi connectivity index (χ2v) is 7.52. The van der Waals surface area contributed by atoms with Gasteiger partial charge in [-0.05, 0) is 19.3 Å². The maximum absolute atomic E-state index is 12.6. The number of hydrogen-bond donors (Lipinski definition) is 8. The van der Waals surface area contributed by atoms with Gasteiger partial charge in [0.25, 0.3) is 0 Å². The second kappa shape index (κ2) is 12.9. The molecule has 0 aromatic carbocycles. The molecule has 28 heavy (non-hydrogen) atoms. The van der Waals surface area contributed by atoms with Crippen LogP contribution in [0.2, 0.25) is 0 Å². The van der Waals surface area contributed by atoms with Crippen LogP contribution in [0.1, 0.15) is 27.2 Å². The van der Waals surface area contributed by atoms with Gasteiger partial charge in [0, 0.05) is 11.5 Å². The Balaban J connectivity index is 5.19. The SMILES string of the molecule is CC(C)CC(NC(=O)C(N)CS)C(=O)NC(CS)C(=O)NC(C(=O)O)C(C)O. The number of hydrogen-bond acceptors (Lipinski definition) is 8. The minimum atomic E-state index is -1.54. The van der Waals surface area contributed by atoms with E-state index in [2.05, 4.69) is 41.2 Å². The first kappa shape index (κ1) is 26.5. The van der Waals surface area contributed by atoms with E-state index in [0.29, 0.717) is 6.42 Å².